The lowest BCUT2D eigenvalue weighted by molar-refractivity contribution is -0.123. The van der Waals surface area contributed by atoms with Crippen LogP contribution in [0.3, 0.4) is 0 Å². The van der Waals surface area contributed by atoms with E-state index in [-0.39, 0.29) is 12.5 Å². The summed E-state index contributed by atoms with van der Waals surface area (Å²) in [4.78, 5) is 24.3. The molecule has 1 aromatic carbocycles. The minimum Gasteiger partial charge on any atom is -0.494 e. The lowest BCUT2D eigenvalue weighted by Crippen LogP contribution is -2.32. The zero-order valence-corrected chi connectivity index (χ0v) is 21.4. The number of fused-ring (bicyclic) bond motifs is 1. The van der Waals surface area contributed by atoms with Gasteiger partial charge in [0.1, 0.15) is 17.3 Å². The van der Waals surface area contributed by atoms with Crippen LogP contribution in [0, 0.1) is 0 Å². The van der Waals surface area contributed by atoms with Crippen molar-refractivity contribution >= 4 is 34.5 Å². The van der Waals surface area contributed by atoms with E-state index in [2.05, 4.69) is 22.2 Å². The molecule has 35 heavy (non-hydrogen) atoms. The van der Waals surface area contributed by atoms with E-state index < -0.39 is 0 Å². The number of aromatic nitrogens is 4. The lowest BCUT2D eigenvalue weighted by atomic mass is 10.1. The Kier molecular flexibility index (Phi) is 9.05. The van der Waals surface area contributed by atoms with E-state index in [1.165, 1.54) is 19.3 Å². The molecule has 0 bridgehead atoms. The van der Waals surface area contributed by atoms with Crippen molar-refractivity contribution < 1.29 is 14.3 Å². The third kappa shape index (κ3) is 6.78. The average molecular weight is 499 g/mol. The van der Waals surface area contributed by atoms with Crippen LogP contribution in [0.15, 0.2) is 35.6 Å². The Morgan fingerprint density at radius 2 is 1.80 bits per heavy atom. The van der Waals surface area contributed by atoms with Gasteiger partial charge in [0.05, 0.1) is 24.7 Å². The summed E-state index contributed by atoms with van der Waals surface area (Å²) in [7, 11) is 0. The van der Waals surface area contributed by atoms with E-state index in [1.54, 1.807) is 23.9 Å². The average Bonchev–Trinajstić information content (AvgIpc) is 3.30. The number of nitrogens with one attached hydrogen (secondary N) is 1. The molecule has 0 unspecified atom stereocenters. The maximum atomic E-state index is 12.3. The SMILES string of the molecule is CCCSc1nc(N2CCCCC2)c2cnn(CCNC(=O)COc3ccc(OCC)cc3)c2n1. The van der Waals surface area contributed by atoms with Crippen LogP contribution < -0.4 is 19.7 Å². The second kappa shape index (κ2) is 12.6. The van der Waals surface area contributed by atoms with Gasteiger partial charge >= 0.3 is 0 Å². The standard InChI is InChI=1S/C25H34N6O3S/c1-3-16-35-25-28-23(30-13-6-5-7-14-30)21-17-27-31(24(21)29-25)15-12-26-22(32)18-34-20-10-8-19(9-11-20)33-4-2/h8-11,17H,3-7,12-16,18H2,1-2H3,(H,26,32). The van der Waals surface area contributed by atoms with Gasteiger partial charge in [-0.3, -0.25) is 4.79 Å². The van der Waals surface area contributed by atoms with Crippen molar-refractivity contribution in [1.82, 2.24) is 25.1 Å². The van der Waals surface area contributed by atoms with Crippen LogP contribution in [0.25, 0.3) is 11.0 Å². The van der Waals surface area contributed by atoms with Gasteiger partial charge in [0.25, 0.3) is 5.91 Å². The number of ether oxygens (including phenoxy) is 2. The van der Waals surface area contributed by atoms with Crippen LogP contribution in [0.5, 0.6) is 11.5 Å². The largest absolute Gasteiger partial charge is 0.494 e. The number of rotatable bonds is 12. The molecule has 0 spiro atoms. The smallest absolute Gasteiger partial charge is 0.258 e. The number of benzene rings is 1. The molecule has 3 heterocycles. The Morgan fingerprint density at radius 3 is 2.51 bits per heavy atom. The molecule has 4 rings (SSSR count). The van der Waals surface area contributed by atoms with Crippen LogP contribution in [0.1, 0.15) is 39.5 Å². The van der Waals surface area contributed by atoms with Gasteiger partial charge in [0, 0.05) is 25.4 Å². The predicted molar refractivity (Wildman–Crippen MR) is 139 cm³/mol. The fourth-order valence-electron chi connectivity index (χ4n) is 3.99. The summed E-state index contributed by atoms with van der Waals surface area (Å²) in [5.41, 5.74) is 0.819. The normalized spacial score (nSPS) is 13.7. The van der Waals surface area contributed by atoms with Crippen LogP contribution >= 0.6 is 11.8 Å². The third-order valence-corrected chi connectivity index (χ3v) is 6.75. The molecule has 0 aliphatic carbocycles. The highest BCUT2D eigenvalue weighted by molar-refractivity contribution is 7.99. The number of hydrogen-bond donors (Lipinski definition) is 1. The number of carbonyl (C=O) groups is 1. The summed E-state index contributed by atoms with van der Waals surface area (Å²) >= 11 is 1.68. The maximum absolute atomic E-state index is 12.3. The summed E-state index contributed by atoms with van der Waals surface area (Å²) in [6, 6.07) is 7.24. The second-order valence-corrected chi connectivity index (χ2v) is 9.44. The molecular weight excluding hydrogens is 464 g/mol. The first-order valence-corrected chi connectivity index (χ1v) is 13.4. The molecule has 0 saturated carbocycles. The lowest BCUT2D eigenvalue weighted by Gasteiger charge is -2.28. The zero-order chi connectivity index (χ0) is 24.5. The summed E-state index contributed by atoms with van der Waals surface area (Å²) in [6.07, 6.45) is 6.55. The van der Waals surface area contributed by atoms with Crippen LogP contribution in [0.4, 0.5) is 5.82 Å². The first-order chi connectivity index (χ1) is 17.2. The fourth-order valence-corrected chi connectivity index (χ4v) is 4.68. The molecule has 1 fully saturated rings. The molecule has 10 heteroatoms. The number of carbonyl (C=O) groups excluding carboxylic acids is 1. The van der Waals surface area contributed by atoms with Crippen molar-refractivity contribution in [2.75, 3.05) is 43.5 Å². The quantitative estimate of drug-likeness (QED) is 0.297. The number of thioether (sulfide) groups is 1. The Balaban J connectivity index is 1.36. The Morgan fingerprint density at radius 1 is 1.06 bits per heavy atom. The highest BCUT2D eigenvalue weighted by Crippen LogP contribution is 2.29. The number of hydrogen-bond acceptors (Lipinski definition) is 8. The van der Waals surface area contributed by atoms with E-state index in [0.717, 1.165) is 53.0 Å². The molecule has 0 radical (unpaired) electrons. The Hall–Kier alpha value is -3.01. The molecule has 0 atom stereocenters. The van der Waals surface area contributed by atoms with Crippen molar-refractivity contribution in [3.8, 4) is 11.5 Å². The maximum Gasteiger partial charge on any atom is 0.258 e. The molecule has 1 amide bonds. The number of amides is 1. The Labute approximate surface area is 210 Å². The first kappa shape index (κ1) is 25.1. The van der Waals surface area contributed by atoms with Crippen LogP contribution in [-0.2, 0) is 11.3 Å². The summed E-state index contributed by atoms with van der Waals surface area (Å²) in [5.74, 6) is 3.18. The van der Waals surface area contributed by atoms with Gasteiger partial charge in [-0.1, -0.05) is 18.7 Å². The van der Waals surface area contributed by atoms with Gasteiger partial charge in [-0.2, -0.15) is 5.10 Å². The van der Waals surface area contributed by atoms with Gasteiger partial charge in [-0.15, -0.1) is 0 Å². The fraction of sp³-hybridized carbons (Fsp3) is 0.520. The summed E-state index contributed by atoms with van der Waals surface area (Å²) in [5, 5.41) is 9.23. The highest BCUT2D eigenvalue weighted by atomic mass is 32.2. The van der Waals surface area contributed by atoms with Gasteiger partial charge in [-0.05, 0) is 56.9 Å². The first-order valence-electron chi connectivity index (χ1n) is 12.4. The number of piperidine rings is 1. The third-order valence-electron chi connectivity index (χ3n) is 5.70. The van der Waals surface area contributed by atoms with Crippen molar-refractivity contribution in [1.29, 1.82) is 0 Å². The number of nitrogens with zero attached hydrogens (tertiary/aromatic N) is 5. The highest BCUT2D eigenvalue weighted by Gasteiger charge is 2.20. The van der Waals surface area contributed by atoms with E-state index in [9.17, 15) is 4.79 Å². The molecule has 1 saturated heterocycles. The predicted octanol–water partition coefficient (Wildman–Crippen LogP) is 3.91. The van der Waals surface area contributed by atoms with Crippen LogP contribution in [0.2, 0.25) is 0 Å². The minimum absolute atomic E-state index is 0.0487. The number of anilines is 1. The molecular formula is C25H34N6O3S. The van der Waals surface area contributed by atoms with Crippen molar-refractivity contribution in [2.24, 2.45) is 0 Å². The molecule has 2 aromatic heterocycles. The van der Waals surface area contributed by atoms with Gasteiger partial charge in [0.15, 0.2) is 17.4 Å². The van der Waals surface area contributed by atoms with E-state index in [0.29, 0.717) is 25.4 Å². The van der Waals surface area contributed by atoms with Gasteiger partial charge in [0.2, 0.25) is 0 Å². The summed E-state index contributed by atoms with van der Waals surface area (Å²) in [6.45, 7) is 7.63. The topological polar surface area (TPSA) is 94.4 Å². The molecule has 1 aliphatic heterocycles. The minimum atomic E-state index is -0.182. The monoisotopic (exact) mass is 498 g/mol. The molecule has 188 valence electrons. The second-order valence-electron chi connectivity index (χ2n) is 8.37. The van der Waals surface area contributed by atoms with E-state index in [1.807, 2.05) is 29.9 Å². The Bertz CT molecular complexity index is 1100. The molecule has 1 N–H and O–H groups in total. The zero-order valence-electron chi connectivity index (χ0n) is 20.5. The summed E-state index contributed by atoms with van der Waals surface area (Å²) < 4.78 is 12.8. The molecule has 3 aromatic rings. The van der Waals surface area contributed by atoms with E-state index in [4.69, 9.17) is 19.4 Å². The van der Waals surface area contributed by atoms with E-state index >= 15 is 0 Å². The molecule has 9 nitrogen and oxygen atoms in total. The van der Waals surface area contributed by atoms with Gasteiger partial charge < -0.3 is 19.7 Å². The van der Waals surface area contributed by atoms with Crippen LogP contribution in [-0.4, -0.2) is 64.3 Å². The van der Waals surface area contributed by atoms with Gasteiger partial charge in [-0.25, -0.2) is 14.6 Å². The van der Waals surface area contributed by atoms with Crippen molar-refractivity contribution in [3.63, 3.8) is 0 Å². The van der Waals surface area contributed by atoms with Crippen molar-refractivity contribution in [3.05, 3.63) is 30.5 Å². The van der Waals surface area contributed by atoms with Crippen molar-refractivity contribution in [2.45, 2.75) is 51.2 Å². The molecule has 1 aliphatic rings.